The third kappa shape index (κ3) is 2.69. The second-order valence-corrected chi connectivity index (χ2v) is 5.69. The molecule has 1 aliphatic carbocycles. The number of benzene rings is 1. The van der Waals surface area contributed by atoms with Gasteiger partial charge in [0.15, 0.2) is 0 Å². The van der Waals surface area contributed by atoms with E-state index < -0.39 is 0 Å². The number of hydrogen-bond donors (Lipinski definition) is 0. The van der Waals surface area contributed by atoms with Gasteiger partial charge in [0.1, 0.15) is 0 Å². The molecule has 20 heavy (non-hydrogen) atoms. The van der Waals surface area contributed by atoms with Crippen LogP contribution in [0.5, 0.6) is 0 Å². The maximum atomic E-state index is 12.2. The van der Waals surface area contributed by atoms with Crippen molar-refractivity contribution in [3.8, 4) is 0 Å². The maximum absolute atomic E-state index is 12.2. The molecule has 0 radical (unpaired) electrons. The summed E-state index contributed by atoms with van der Waals surface area (Å²) in [5.74, 6) is 0.543. The predicted octanol–water partition coefficient (Wildman–Crippen LogP) is 2.16. The monoisotopic (exact) mass is 273 g/mol. The zero-order valence-electron chi connectivity index (χ0n) is 11.7. The lowest BCUT2D eigenvalue weighted by Crippen LogP contribution is -2.36. The number of fused-ring (bicyclic) bond motifs is 1. The summed E-state index contributed by atoms with van der Waals surface area (Å²) in [6, 6.07) is 5.63. The lowest BCUT2D eigenvalue weighted by atomic mass is 9.97. The van der Waals surface area contributed by atoms with Crippen molar-refractivity contribution in [3.63, 3.8) is 0 Å². The van der Waals surface area contributed by atoms with Crippen LogP contribution in [-0.2, 0) is 22.5 Å². The molecule has 1 amide bonds. The minimum atomic E-state index is -0.325. The van der Waals surface area contributed by atoms with Crippen LogP contribution in [-0.4, -0.2) is 30.4 Å². The number of carbonyl (C=O) groups is 2. The summed E-state index contributed by atoms with van der Waals surface area (Å²) in [5, 5.41) is 0. The Morgan fingerprint density at radius 3 is 2.80 bits per heavy atom. The summed E-state index contributed by atoms with van der Waals surface area (Å²) < 4.78 is 4.74. The van der Waals surface area contributed by atoms with Gasteiger partial charge < -0.3 is 9.64 Å². The van der Waals surface area contributed by atoms with Crippen molar-refractivity contribution >= 4 is 11.9 Å². The average Bonchev–Trinajstić information content (AvgIpc) is 3.29. The number of carbonyl (C=O) groups excluding carboxylic acids is 2. The molecule has 1 saturated carbocycles. The minimum absolute atomic E-state index is 0.252. The summed E-state index contributed by atoms with van der Waals surface area (Å²) >= 11 is 0. The van der Waals surface area contributed by atoms with Crippen molar-refractivity contribution in [2.45, 2.75) is 32.2 Å². The highest BCUT2D eigenvalue weighted by Crippen LogP contribution is 2.33. The minimum Gasteiger partial charge on any atom is -0.465 e. The number of rotatable bonds is 3. The Kier molecular flexibility index (Phi) is 3.47. The predicted molar refractivity (Wildman–Crippen MR) is 74.2 cm³/mol. The van der Waals surface area contributed by atoms with Gasteiger partial charge in [-0.15, -0.1) is 0 Å². The Morgan fingerprint density at radius 1 is 1.30 bits per heavy atom. The lowest BCUT2D eigenvalue weighted by Gasteiger charge is -2.29. The molecule has 2 aliphatic rings. The molecule has 3 rings (SSSR count). The topological polar surface area (TPSA) is 46.6 Å². The van der Waals surface area contributed by atoms with E-state index in [0.717, 1.165) is 18.5 Å². The number of esters is 1. The summed E-state index contributed by atoms with van der Waals surface area (Å²) in [6.07, 6.45) is 3.95. The molecule has 1 aliphatic heterocycles. The summed E-state index contributed by atoms with van der Waals surface area (Å²) in [6.45, 7) is 1.40. The Bertz CT molecular complexity index is 549. The molecular weight excluding hydrogens is 254 g/mol. The van der Waals surface area contributed by atoms with Crippen molar-refractivity contribution in [1.82, 2.24) is 4.90 Å². The number of ether oxygens (including phenoxy) is 1. The molecule has 1 heterocycles. The summed E-state index contributed by atoms with van der Waals surface area (Å²) in [7, 11) is 1.38. The second kappa shape index (κ2) is 5.27. The van der Waals surface area contributed by atoms with E-state index in [4.69, 9.17) is 4.74 Å². The van der Waals surface area contributed by atoms with Crippen LogP contribution in [0.15, 0.2) is 18.2 Å². The highest BCUT2D eigenvalue weighted by molar-refractivity contribution is 5.89. The molecule has 0 spiro atoms. The van der Waals surface area contributed by atoms with Gasteiger partial charge in [0.25, 0.3) is 0 Å². The van der Waals surface area contributed by atoms with Crippen molar-refractivity contribution < 1.29 is 14.3 Å². The van der Waals surface area contributed by atoms with Crippen LogP contribution in [0, 0.1) is 5.92 Å². The van der Waals surface area contributed by atoms with Gasteiger partial charge in [0, 0.05) is 19.5 Å². The van der Waals surface area contributed by atoms with E-state index in [-0.39, 0.29) is 11.9 Å². The Hall–Kier alpha value is -1.84. The van der Waals surface area contributed by atoms with E-state index in [1.165, 1.54) is 25.5 Å². The molecule has 0 bridgehead atoms. The van der Waals surface area contributed by atoms with Gasteiger partial charge >= 0.3 is 5.97 Å². The number of methoxy groups -OCH3 is 1. The first kappa shape index (κ1) is 13.2. The van der Waals surface area contributed by atoms with Crippen LogP contribution in [0.1, 0.15) is 40.7 Å². The smallest absolute Gasteiger partial charge is 0.337 e. The summed E-state index contributed by atoms with van der Waals surface area (Å²) in [5.41, 5.74) is 2.86. The lowest BCUT2D eigenvalue weighted by molar-refractivity contribution is -0.132. The van der Waals surface area contributed by atoms with Crippen molar-refractivity contribution in [3.05, 3.63) is 34.9 Å². The number of amides is 1. The van der Waals surface area contributed by atoms with E-state index in [2.05, 4.69) is 0 Å². The average molecular weight is 273 g/mol. The van der Waals surface area contributed by atoms with Crippen molar-refractivity contribution in [2.75, 3.05) is 13.7 Å². The quantitative estimate of drug-likeness (QED) is 0.793. The van der Waals surface area contributed by atoms with Crippen molar-refractivity contribution in [2.24, 2.45) is 5.92 Å². The van der Waals surface area contributed by atoms with Crippen LogP contribution < -0.4 is 0 Å². The number of hydrogen-bond acceptors (Lipinski definition) is 3. The molecule has 1 aromatic carbocycles. The van der Waals surface area contributed by atoms with Gasteiger partial charge in [-0.05, 0) is 48.4 Å². The van der Waals surface area contributed by atoms with Crippen molar-refractivity contribution in [1.29, 1.82) is 0 Å². The van der Waals surface area contributed by atoms with Gasteiger partial charge in [-0.3, -0.25) is 4.79 Å². The van der Waals surface area contributed by atoms with Gasteiger partial charge in [-0.1, -0.05) is 6.07 Å². The Balaban J connectivity index is 1.74. The number of nitrogens with zero attached hydrogens (tertiary/aromatic N) is 1. The molecule has 106 valence electrons. The van der Waals surface area contributed by atoms with Crippen LogP contribution >= 0.6 is 0 Å². The van der Waals surface area contributed by atoms with Crippen LogP contribution in [0.4, 0.5) is 0 Å². The fourth-order valence-corrected chi connectivity index (χ4v) is 2.71. The zero-order chi connectivity index (χ0) is 14.1. The van der Waals surface area contributed by atoms with E-state index in [1.807, 2.05) is 17.0 Å². The van der Waals surface area contributed by atoms with Crippen LogP contribution in [0.25, 0.3) is 0 Å². The molecule has 0 unspecified atom stereocenters. The highest BCUT2D eigenvalue weighted by atomic mass is 16.5. The third-order valence-electron chi connectivity index (χ3n) is 4.15. The molecule has 1 fully saturated rings. The second-order valence-electron chi connectivity index (χ2n) is 5.69. The first-order valence-corrected chi connectivity index (χ1v) is 7.15. The SMILES string of the molecule is COC(=O)c1ccc2c(c1)CN(C(=O)CC1CC1)CC2. The fraction of sp³-hybridized carbons (Fsp3) is 0.500. The van der Waals surface area contributed by atoms with E-state index in [1.54, 1.807) is 6.07 Å². The van der Waals surface area contributed by atoms with Crippen LogP contribution in [0.2, 0.25) is 0 Å². The molecule has 1 aromatic rings. The molecule has 0 atom stereocenters. The van der Waals surface area contributed by atoms with E-state index in [9.17, 15) is 9.59 Å². The largest absolute Gasteiger partial charge is 0.465 e. The molecule has 4 heteroatoms. The standard InChI is InChI=1S/C16H19NO3/c1-20-16(19)13-5-4-12-6-7-17(10-14(12)9-13)15(18)8-11-2-3-11/h4-5,9,11H,2-3,6-8,10H2,1H3. The highest BCUT2D eigenvalue weighted by Gasteiger charge is 2.28. The molecule has 0 saturated heterocycles. The van der Waals surface area contributed by atoms with Gasteiger partial charge in [-0.2, -0.15) is 0 Å². The van der Waals surface area contributed by atoms with Crippen LogP contribution in [0.3, 0.4) is 0 Å². The molecular formula is C16H19NO3. The molecule has 0 aromatic heterocycles. The summed E-state index contributed by atoms with van der Waals surface area (Å²) in [4.78, 5) is 25.7. The van der Waals surface area contributed by atoms with E-state index in [0.29, 0.717) is 24.4 Å². The molecule has 0 N–H and O–H groups in total. The maximum Gasteiger partial charge on any atom is 0.337 e. The van der Waals surface area contributed by atoms with Gasteiger partial charge in [-0.25, -0.2) is 4.79 Å². The van der Waals surface area contributed by atoms with Gasteiger partial charge in [0.2, 0.25) is 5.91 Å². The zero-order valence-corrected chi connectivity index (χ0v) is 11.7. The first-order chi connectivity index (χ1) is 9.67. The van der Waals surface area contributed by atoms with E-state index >= 15 is 0 Å². The normalized spacial score (nSPS) is 17.6. The third-order valence-corrected chi connectivity index (χ3v) is 4.15. The Morgan fingerprint density at radius 2 is 2.10 bits per heavy atom. The molecule has 4 nitrogen and oxygen atoms in total. The van der Waals surface area contributed by atoms with Gasteiger partial charge in [0.05, 0.1) is 12.7 Å². The fourth-order valence-electron chi connectivity index (χ4n) is 2.71. The Labute approximate surface area is 118 Å². The first-order valence-electron chi connectivity index (χ1n) is 7.15.